The molecule has 0 saturated carbocycles. The van der Waals surface area contributed by atoms with Gasteiger partial charge in [0.15, 0.2) is 17.2 Å². The van der Waals surface area contributed by atoms with Crippen molar-refractivity contribution in [1.82, 2.24) is 34.3 Å². The maximum atomic E-state index is 13.0. The number of nitrogens with one attached hydrogen (secondary N) is 1. The Bertz CT molecular complexity index is 1470. The molecule has 0 bridgehead atoms. The summed E-state index contributed by atoms with van der Waals surface area (Å²) in [6.45, 7) is 2.80. The van der Waals surface area contributed by atoms with Gasteiger partial charge in [0, 0.05) is 50.7 Å². The van der Waals surface area contributed by atoms with Gasteiger partial charge >= 0.3 is 6.03 Å². The van der Waals surface area contributed by atoms with E-state index >= 15 is 0 Å². The van der Waals surface area contributed by atoms with E-state index in [1.807, 2.05) is 72.2 Å². The first kappa shape index (κ1) is 22.7. The fourth-order valence-electron chi connectivity index (χ4n) is 4.78. The van der Waals surface area contributed by atoms with Gasteiger partial charge in [-0.1, -0.05) is 47.2 Å². The van der Waals surface area contributed by atoms with Crippen molar-refractivity contribution in [2.24, 2.45) is 12.0 Å². The molecule has 1 aromatic carbocycles. The Hall–Kier alpha value is -3.70. The first-order chi connectivity index (χ1) is 17.4. The number of likely N-dealkylation sites (N-methyl/N-ethyl adjacent to an activating group) is 1. The number of amides is 3. The Labute approximate surface area is 215 Å². The average Bonchev–Trinajstić information content (AvgIpc) is 3.59. The highest BCUT2D eigenvalue weighted by Gasteiger charge is 2.49. The maximum Gasteiger partial charge on any atom is 0.325 e. The lowest BCUT2D eigenvalue weighted by atomic mass is 10.1. The minimum Gasteiger partial charge on any atom is -0.340 e. The van der Waals surface area contributed by atoms with E-state index in [0.29, 0.717) is 23.8 Å². The molecule has 5 heterocycles. The van der Waals surface area contributed by atoms with Crippen LogP contribution in [-0.2, 0) is 24.8 Å². The standard InChI is InChI=1S/C24H23ClN8O2S/c1-3-32-21-20(22(34)28-23(32)35)33(11-14-4-6-15(7-5-14)17-8-9-30(2)29-17)19(27-21)10-16-12-31-13-18(25)36-24(31)26-16/h4-9,12-13,20-21H,3,10-11H2,1-2H3,(H,28,34,35). The van der Waals surface area contributed by atoms with Crippen molar-refractivity contribution in [3.63, 3.8) is 0 Å². The molecule has 10 nitrogen and oxygen atoms in total. The molecule has 0 radical (unpaired) electrons. The highest BCUT2D eigenvalue weighted by atomic mass is 35.5. The molecule has 184 valence electrons. The quantitative estimate of drug-likeness (QED) is 0.419. The van der Waals surface area contributed by atoms with E-state index in [9.17, 15) is 9.59 Å². The van der Waals surface area contributed by atoms with Crippen molar-refractivity contribution >= 4 is 45.7 Å². The van der Waals surface area contributed by atoms with Gasteiger partial charge in [0.25, 0.3) is 5.91 Å². The number of carbonyl (C=O) groups excluding carboxylic acids is 2. The van der Waals surface area contributed by atoms with Crippen LogP contribution < -0.4 is 5.32 Å². The molecule has 12 heteroatoms. The lowest BCUT2D eigenvalue weighted by Crippen LogP contribution is -2.64. The van der Waals surface area contributed by atoms with Crippen LogP contribution in [0.4, 0.5) is 4.79 Å². The second kappa shape index (κ2) is 8.75. The van der Waals surface area contributed by atoms with Crippen LogP contribution in [0.15, 0.2) is 53.9 Å². The van der Waals surface area contributed by atoms with Crippen LogP contribution in [0.25, 0.3) is 16.2 Å². The van der Waals surface area contributed by atoms with Crippen LogP contribution in [0.5, 0.6) is 0 Å². The van der Waals surface area contributed by atoms with E-state index in [-0.39, 0.29) is 5.91 Å². The first-order valence-electron chi connectivity index (χ1n) is 11.6. The number of imidazole rings is 1. The molecule has 4 aromatic rings. The summed E-state index contributed by atoms with van der Waals surface area (Å²) < 4.78 is 4.32. The number of hydrogen-bond donors (Lipinski definition) is 1. The number of imide groups is 1. The van der Waals surface area contributed by atoms with Gasteiger partial charge in [-0.05, 0) is 18.6 Å². The number of thiazole rings is 1. The normalized spacial score (nSPS) is 19.7. The van der Waals surface area contributed by atoms with Crippen LogP contribution >= 0.6 is 22.9 Å². The molecule has 3 amide bonds. The van der Waals surface area contributed by atoms with Crippen LogP contribution in [-0.4, -0.2) is 65.5 Å². The van der Waals surface area contributed by atoms with Gasteiger partial charge in [0.05, 0.1) is 11.4 Å². The number of urea groups is 1. The summed E-state index contributed by atoms with van der Waals surface area (Å²) in [6, 6.07) is 9.07. The van der Waals surface area contributed by atoms with E-state index in [0.717, 1.165) is 33.3 Å². The Morgan fingerprint density at radius 3 is 2.61 bits per heavy atom. The monoisotopic (exact) mass is 522 g/mol. The minimum atomic E-state index is -0.605. The van der Waals surface area contributed by atoms with Gasteiger partial charge in [-0.2, -0.15) is 5.10 Å². The van der Waals surface area contributed by atoms with E-state index < -0.39 is 18.2 Å². The average molecular weight is 523 g/mol. The van der Waals surface area contributed by atoms with Crippen molar-refractivity contribution in [1.29, 1.82) is 0 Å². The Kier molecular flexibility index (Phi) is 5.53. The number of halogens is 1. The number of carbonyl (C=O) groups is 2. The number of nitrogens with zero attached hydrogens (tertiary/aromatic N) is 7. The molecule has 1 saturated heterocycles. The summed E-state index contributed by atoms with van der Waals surface area (Å²) in [5, 5.41) is 6.96. The number of aromatic nitrogens is 4. The fourth-order valence-corrected chi connectivity index (χ4v) is 5.81. The molecule has 3 aromatic heterocycles. The SMILES string of the molecule is CCN1C(=O)NC(=O)C2C1N=C(Cc1cn3cc(Cl)sc3n1)N2Cc1ccc(-c2ccn(C)n2)cc1. The molecular formula is C24H23ClN8O2S. The third-order valence-electron chi connectivity index (χ3n) is 6.48. The molecule has 2 aliphatic rings. The minimum absolute atomic E-state index is 0.337. The Morgan fingerprint density at radius 1 is 1.11 bits per heavy atom. The van der Waals surface area contributed by atoms with Gasteiger partial charge < -0.3 is 4.90 Å². The summed E-state index contributed by atoms with van der Waals surface area (Å²) >= 11 is 7.50. The van der Waals surface area contributed by atoms with Gasteiger partial charge in [-0.25, -0.2) is 14.8 Å². The number of fused-ring (bicyclic) bond motifs is 2. The zero-order valence-corrected chi connectivity index (χ0v) is 21.2. The van der Waals surface area contributed by atoms with Crippen molar-refractivity contribution in [2.75, 3.05) is 6.54 Å². The van der Waals surface area contributed by atoms with Crippen molar-refractivity contribution in [3.8, 4) is 11.3 Å². The highest BCUT2D eigenvalue weighted by Crippen LogP contribution is 2.29. The Morgan fingerprint density at radius 2 is 1.92 bits per heavy atom. The zero-order chi connectivity index (χ0) is 25.0. The smallest absolute Gasteiger partial charge is 0.325 e. The number of aliphatic imine (C=N–C) groups is 1. The molecule has 2 atom stereocenters. The second-order valence-electron chi connectivity index (χ2n) is 8.82. The summed E-state index contributed by atoms with van der Waals surface area (Å²) in [7, 11) is 1.89. The van der Waals surface area contributed by atoms with Crippen molar-refractivity contribution in [2.45, 2.75) is 32.1 Å². The molecule has 2 aliphatic heterocycles. The third kappa shape index (κ3) is 3.94. The topological polar surface area (TPSA) is 100 Å². The van der Waals surface area contributed by atoms with Crippen LogP contribution in [0, 0.1) is 0 Å². The van der Waals surface area contributed by atoms with Crippen LogP contribution in [0.2, 0.25) is 4.34 Å². The molecule has 36 heavy (non-hydrogen) atoms. The van der Waals surface area contributed by atoms with Gasteiger partial charge in [-0.15, -0.1) is 0 Å². The van der Waals surface area contributed by atoms with E-state index in [4.69, 9.17) is 16.6 Å². The first-order valence-corrected chi connectivity index (χ1v) is 12.8. The number of rotatable bonds is 6. The van der Waals surface area contributed by atoms with Crippen LogP contribution in [0.3, 0.4) is 0 Å². The largest absolute Gasteiger partial charge is 0.340 e. The van der Waals surface area contributed by atoms with Crippen molar-refractivity contribution < 1.29 is 9.59 Å². The van der Waals surface area contributed by atoms with Gasteiger partial charge in [-0.3, -0.25) is 24.1 Å². The van der Waals surface area contributed by atoms with Crippen molar-refractivity contribution in [3.05, 3.63) is 64.5 Å². The second-order valence-corrected chi connectivity index (χ2v) is 10.5. The van der Waals surface area contributed by atoms with Crippen LogP contribution in [0.1, 0.15) is 18.2 Å². The molecule has 6 rings (SSSR count). The maximum absolute atomic E-state index is 13.0. The lowest BCUT2D eigenvalue weighted by Gasteiger charge is -2.37. The third-order valence-corrected chi connectivity index (χ3v) is 7.60. The highest BCUT2D eigenvalue weighted by molar-refractivity contribution is 7.20. The van der Waals surface area contributed by atoms with E-state index in [1.165, 1.54) is 11.3 Å². The summed E-state index contributed by atoms with van der Waals surface area (Å²) in [6.07, 6.45) is 5.51. The fraction of sp³-hybridized carbons (Fsp3) is 0.292. The summed E-state index contributed by atoms with van der Waals surface area (Å²) in [4.78, 5) is 39.4. The van der Waals surface area contributed by atoms with E-state index in [1.54, 1.807) is 9.58 Å². The molecule has 0 spiro atoms. The zero-order valence-electron chi connectivity index (χ0n) is 19.6. The Balaban J connectivity index is 1.31. The van der Waals surface area contributed by atoms with Gasteiger partial charge in [0.2, 0.25) is 0 Å². The number of aryl methyl sites for hydroxylation is 1. The predicted molar refractivity (Wildman–Crippen MR) is 137 cm³/mol. The summed E-state index contributed by atoms with van der Waals surface area (Å²) in [5.74, 6) is 0.384. The number of benzene rings is 1. The molecular weight excluding hydrogens is 500 g/mol. The molecule has 0 aliphatic carbocycles. The number of hydrogen-bond acceptors (Lipinski definition) is 7. The molecule has 1 N–H and O–H groups in total. The van der Waals surface area contributed by atoms with E-state index in [2.05, 4.69) is 15.4 Å². The predicted octanol–water partition coefficient (Wildman–Crippen LogP) is 3.17. The van der Waals surface area contributed by atoms with Gasteiger partial charge in [0.1, 0.15) is 10.2 Å². The molecule has 2 unspecified atom stereocenters. The number of amidine groups is 1. The molecule has 1 fully saturated rings. The lowest BCUT2D eigenvalue weighted by molar-refractivity contribution is -0.127. The summed E-state index contributed by atoms with van der Waals surface area (Å²) in [5.41, 5.74) is 3.76.